The van der Waals surface area contributed by atoms with E-state index in [0.29, 0.717) is 31.1 Å². The third kappa shape index (κ3) is 2.49. The largest absolute Gasteiger partial charge is 0.503 e. The summed E-state index contributed by atoms with van der Waals surface area (Å²) in [6.45, 7) is 0.291. The Morgan fingerprint density at radius 2 is 1.93 bits per heavy atom. The number of hydrogen-bond donors (Lipinski definition) is 2. The predicted octanol–water partition coefficient (Wildman–Crippen LogP) is 1.52. The summed E-state index contributed by atoms with van der Waals surface area (Å²) < 4.78 is 42.0. The van der Waals surface area contributed by atoms with Crippen molar-refractivity contribution in [2.24, 2.45) is 5.92 Å². The maximum Gasteiger partial charge on any atom is 0.275 e. The molecule has 2 N–H and O–H groups in total. The molecule has 1 saturated carbocycles. The fourth-order valence-electron chi connectivity index (χ4n) is 4.75. The SMILES string of the molecule is O=C(NCc1c(F)cc(F)cc1F)c1cn2c(c(O)c1=O)C(=O)N1CC[C@H]3CC31C2. The van der Waals surface area contributed by atoms with Gasteiger partial charge < -0.3 is 19.9 Å². The molecule has 1 aliphatic carbocycles. The number of halogens is 3. The molecule has 30 heavy (non-hydrogen) atoms. The monoisotopic (exact) mass is 419 g/mol. The Morgan fingerprint density at radius 3 is 2.60 bits per heavy atom. The third-order valence-electron chi connectivity index (χ3n) is 6.36. The summed E-state index contributed by atoms with van der Waals surface area (Å²) in [5, 5.41) is 12.6. The molecule has 1 aromatic carbocycles. The second-order valence-corrected chi connectivity index (χ2v) is 7.98. The number of rotatable bonds is 3. The van der Waals surface area contributed by atoms with Gasteiger partial charge in [-0.05, 0) is 18.8 Å². The molecule has 1 saturated heterocycles. The van der Waals surface area contributed by atoms with Crippen LogP contribution < -0.4 is 10.7 Å². The maximum absolute atomic E-state index is 13.8. The summed E-state index contributed by atoms with van der Waals surface area (Å²) in [4.78, 5) is 39.5. The van der Waals surface area contributed by atoms with E-state index in [-0.39, 0.29) is 11.2 Å². The number of benzene rings is 1. The average Bonchev–Trinajstić information content (AvgIpc) is 3.24. The minimum atomic E-state index is -1.18. The minimum Gasteiger partial charge on any atom is -0.503 e. The molecule has 0 bridgehead atoms. The molecule has 5 rings (SSSR count). The van der Waals surface area contributed by atoms with E-state index in [2.05, 4.69) is 5.32 Å². The highest BCUT2D eigenvalue weighted by atomic mass is 19.1. The molecule has 1 unspecified atom stereocenters. The molecule has 2 amide bonds. The second-order valence-electron chi connectivity index (χ2n) is 7.98. The summed E-state index contributed by atoms with van der Waals surface area (Å²) in [5.41, 5.74) is -2.56. The summed E-state index contributed by atoms with van der Waals surface area (Å²) in [5.74, 6) is -5.34. The number of amides is 2. The van der Waals surface area contributed by atoms with Crippen molar-refractivity contribution in [3.63, 3.8) is 0 Å². The van der Waals surface area contributed by atoms with Gasteiger partial charge in [-0.3, -0.25) is 14.4 Å². The molecule has 1 spiro atoms. The van der Waals surface area contributed by atoms with Crippen LogP contribution in [-0.2, 0) is 13.1 Å². The van der Waals surface area contributed by atoms with Gasteiger partial charge in [-0.25, -0.2) is 13.2 Å². The van der Waals surface area contributed by atoms with E-state index in [9.17, 15) is 32.7 Å². The third-order valence-corrected chi connectivity index (χ3v) is 6.36. The van der Waals surface area contributed by atoms with Crippen LogP contribution in [0.1, 0.15) is 39.3 Å². The first-order valence-corrected chi connectivity index (χ1v) is 9.43. The van der Waals surface area contributed by atoms with E-state index in [1.54, 1.807) is 4.90 Å². The molecule has 7 nitrogen and oxygen atoms in total. The summed E-state index contributed by atoms with van der Waals surface area (Å²) >= 11 is 0. The van der Waals surface area contributed by atoms with Gasteiger partial charge in [0.05, 0.1) is 5.54 Å². The van der Waals surface area contributed by atoms with Gasteiger partial charge in [0.1, 0.15) is 23.0 Å². The van der Waals surface area contributed by atoms with Crippen molar-refractivity contribution in [3.05, 3.63) is 62.8 Å². The van der Waals surface area contributed by atoms with E-state index in [1.807, 2.05) is 0 Å². The summed E-state index contributed by atoms with van der Waals surface area (Å²) in [6, 6.07) is 0.961. The number of carbonyl (C=O) groups is 2. The molecule has 156 valence electrons. The Kier molecular flexibility index (Phi) is 3.80. The molecular weight excluding hydrogens is 403 g/mol. The van der Waals surface area contributed by atoms with Gasteiger partial charge in [-0.1, -0.05) is 0 Å². The Morgan fingerprint density at radius 1 is 1.23 bits per heavy atom. The molecule has 2 aliphatic heterocycles. The molecular formula is C20H16F3N3O4. The average molecular weight is 419 g/mol. The van der Waals surface area contributed by atoms with Crippen LogP contribution in [0.2, 0.25) is 0 Å². The Labute approximate surface area is 167 Å². The molecule has 3 heterocycles. The number of carbonyl (C=O) groups excluding carboxylic acids is 2. The number of nitrogens with one attached hydrogen (secondary N) is 1. The topological polar surface area (TPSA) is 91.6 Å². The van der Waals surface area contributed by atoms with Crippen molar-refractivity contribution >= 4 is 11.8 Å². The first-order valence-electron chi connectivity index (χ1n) is 9.43. The second kappa shape index (κ2) is 6.10. The lowest BCUT2D eigenvalue weighted by atomic mass is 10.1. The number of pyridine rings is 1. The number of nitrogens with zero attached hydrogens (tertiary/aromatic N) is 2. The fourth-order valence-corrected chi connectivity index (χ4v) is 4.75. The van der Waals surface area contributed by atoms with Crippen molar-refractivity contribution in [3.8, 4) is 5.75 Å². The van der Waals surface area contributed by atoms with Crippen molar-refractivity contribution < 1.29 is 27.9 Å². The van der Waals surface area contributed by atoms with Crippen LogP contribution in [0.3, 0.4) is 0 Å². The molecule has 2 aromatic rings. The highest BCUT2D eigenvalue weighted by molar-refractivity contribution is 5.99. The van der Waals surface area contributed by atoms with E-state index in [1.165, 1.54) is 10.8 Å². The lowest BCUT2D eigenvalue weighted by Crippen LogP contribution is -2.49. The van der Waals surface area contributed by atoms with Crippen molar-refractivity contribution in [1.82, 2.24) is 14.8 Å². The van der Waals surface area contributed by atoms with Crippen LogP contribution in [0.25, 0.3) is 0 Å². The Balaban J connectivity index is 1.46. The first-order chi connectivity index (χ1) is 14.2. The zero-order valence-corrected chi connectivity index (χ0v) is 15.5. The van der Waals surface area contributed by atoms with Gasteiger partial charge in [0.15, 0.2) is 11.4 Å². The van der Waals surface area contributed by atoms with Gasteiger partial charge in [0.25, 0.3) is 11.8 Å². The van der Waals surface area contributed by atoms with Crippen LogP contribution in [0, 0.1) is 23.4 Å². The van der Waals surface area contributed by atoms with Crippen LogP contribution in [-0.4, -0.2) is 38.5 Å². The standard InChI is InChI=1S/C20H16F3N3O4/c21-10-3-13(22)11(14(23)4-10)6-24-18(29)12-7-25-8-20-5-9(20)1-2-26(20)19(30)15(25)17(28)16(12)27/h3-4,7,9,28H,1-2,5-6,8H2,(H,24,29)/t9-,20?/m0/s1. The van der Waals surface area contributed by atoms with Crippen molar-refractivity contribution in [2.75, 3.05) is 6.54 Å². The molecule has 1 aromatic heterocycles. The lowest BCUT2D eigenvalue weighted by molar-refractivity contribution is 0.0596. The molecule has 3 aliphatic rings. The minimum absolute atomic E-state index is 0.162. The summed E-state index contributed by atoms with van der Waals surface area (Å²) in [6.07, 6.45) is 2.88. The Hall–Kier alpha value is -3.30. The number of piperidine rings is 1. The van der Waals surface area contributed by atoms with Crippen LogP contribution >= 0.6 is 0 Å². The fraction of sp³-hybridized carbons (Fsp3) is 0.350. The van der Waals surface area contributed by atoms with Gasteiger partial charge in [0, 0.05) is 43.5 Å². The van der Waals surface area contributed by atoms with Gasteiger partial charge in [-0.2, -0.15) is 0 Å². The lowest BCUT2D eigenvalue weighted by Gasteiger charge is -2.36. The van der Waals surface area contributed by atoms with Crippen molar-refractivity contribution in [1.29, 1.82) is 0 Å². The maximum atomic E-state index is 13.8. The normalized spacial score (nSPS) is 23.6. The van der Waals surface area contributed by atoms with Crippen LogP contribution in [0.4, 0.5) is 13.2 Å². The van der Waals surface area contributed by atoms with E-state index >= 15 is 0 Å². The van der Waals surface area contributed by atoms with E-state index in [4.69, 9.17) is 0 Å². The number of fused-ring (bicyclic) bond motifs is 1. The number of aromatic nitrogens is 1. The number of aromatic hydroxyl groups is 1. The Bertz CT molecular complexity index is 1170. The molecule has 10 heteroatoms. The molecule has 0 radical (unpaired) electrons. The highest BCUT2D eigenvalue weighted by Gasteiger charge is 2.65. The predicted molar refractivity (Wildman–Crippen MR) is 96.3 cm³/mol. The summed E-state index contributed by atoms with van der Waals surface area (Å²) in [7, 11) is 0. The van der Waals surface area contributed by atoms with Crippen LogP contribution in [0.15, 0.2) is 23.1 Å². The van der Waals surface area contributed by atoms with Gasteiger partial charge in [-0.15, -0.1) is 0 Å². The number of hydrogen-bond acceptors (Lipinski definition) is 4. The van der Waals surface area contributed by atoms with E-state index < -0.39 is 58.1 Å². The van der Waals surface area contributed by atoms with Gasteiger partial charge >= 0.3 is 0 Å². The molecule has 2 atom stereocenters. The first kappa shape index (κ1) is 18.7. The molecule has 2 fully saturated rings. The zero-order chi connectivity index (χ0) is 21.4. The highest BCUT2D eigenvalue weighted by Crippen LogP contribution is 2.58. The van der Waals surface area contributed by atoms with Crippen LogP contribution in [0.5, 0.6) is 5.75 Å². The smallest absolute Gasteiger partial charge is 0.275 e. The van der Waals surface area contributed by atoms with Crippen molar-refractivity contribution in [2.45, 2.75) is 31.5 Å². The quantitative estimate of drug-likeness (QED) is 0.789. The van der Waals surface area contributed by atoms with E-state index in [0.717, 1.165) is 12.8 Å². The zero-order valence-electron chi connectivity index (χ0n) is 15.5. The van der Waals surface area contributed by atoms with Gasteiger partial charge in [0.2, 0.25) is 5.43 Å².